The zero-order valence-corrected chi connectivity index (χ0v) is 11.8. The van der Waals surface area contributed by atoms with Crippen LogP contribution in [0, 0.1) is 12.7 Å². The van der Waals surface area contributed by atoms with Gasteiger partial charge in [0.15, 0.2) is 0 Å². The van der Waals surface area contributed by atoms with Gasteiger partial charge in [-0.1, -0.05) is 23.7 Å². The fourth-order valence-electron chi connectivity index (χ4n) is 2.28. The smallest absolute Gasteiger partial charge is 0.125 e. The Morgan fingerprint density at radius 1 is 1.20 bits per heavy atom. The first-order chi connectivity index (χ1) is 9.63. The normalized spacial score (nSPS) is 10.9. The summed E-state index contributed by atoms with van der Waals surface area (Å²) in [5.74, 6) is -0.233. The summed E-state index contributed by atoms with van der Waals surface area (Å²) in [6.07, 6.45) is 1.95. The molecule has 0 aliphatic heterocycles. The first-order valence-electron chi connectivity index (χ1n) is 6.39. The van der Waals surface area contributed by atoms with E-state index in [2.05, 4.69) is 10.3 Å². The van der Waals surface area contributed by atoms with Crippen LogP contribution in [0.3, 0.4) is 0 Å². The lowest BCUT2D eigenvalue weighted by Gasteiger charge is -2.09. The van der Waals surface area contributed by atoms with Crippen LogP contribution in [-0.4, -0.2) is 4.98 Å². The Kier molecular flexibility index (Phi) is 3.36. The molecule has 0 aliphatic rings. The third kappa shape index (κ3) is 2.49. The fraction of sp³-hybridized carbons (Fsp3) is 0.125. The lowest BCUT2D eigenvalue weighted by Crippen LogP contribution is -2.00. The van der Waals surface area contributed by atoms with Gasteiger partial charge in [0.05, 0.1) is 0 Å². The summed E-state index contributed by atoms with van der Waals surface area (Å²) in [6, 6.07) is 10.5. The monoisotopic (exact) mass is 288 g/mol. The first kappa shape index (κ1) is 13.0. The number of hydrogen-bond donors (Lipinski definition) is 2. The van der Waals surface area contributed by atoms with E-state index in [9.17, 15) is 4.39 Å². The summed E-state index contributed by atoms with van der Waals surface area (Å²) in [5.41, 5.74) is 3.97. The van der Waals surface area contributed by atoms with Crippen molar-refractivity contribution in [1.29, 1.82) is 0 Å². The van der Waals surface area contributed by atoms with E-state index >= 15 is 0 Å². The van der Waals surface area contributed by atoms with Crippen LogP contribution in [0.1, 0.15) is 11.1 Å². The van der Waals surface area contributed by atoms with Crippen LogP contribution in [0.4, 0.5) is 10.1 Å². The second kappa shape index (κ2) is 5.17. The summed E-state index contributed by atoms with van der Waals surface area (Å²) in [5, 5.41) is 5.10. The molecule has 0 radical (unpaired) electrons. The number of benzene rings is 2. The van der Waals surface area contributed by atoms with Gasteiger partial charge in [0, 0.05) is 34.4 Å². The van der Waals surface area contributed by atoms with Crippen LogP contribution in [0.25, 0.3) is 10.9 Å². The molecule has 0 aliphatic carbocycles. The molecule has 0 atom stereocenters. The number of anilines is 1. The highest BCUT2D eigenvalue weighted by molar-refractivity contribution is 6.31. The highest BCUT2D eigenvalue weighted by atomic mass is 35.5. The fourth-order valence-corrected chi connectivity index (χ4v) is 2.45. The molecule has 0 amide bonds. The summed E-state index contributed by atoms with van der Waals surface area (Å²) < 4.78 is 13.2. The van der Waals surface area contributed by atoms with Crippen LogP contribution in [-0.2, 0) is 6.54 Å². The van der Waals surface area contributed by atoms with Crippen molar-refractivity contribution in [2.24, 2.45) is 0 Å². The molecule has 0 saturated carbocycles. The topological polar surface area (TPSA) is 27.8 Å². The van der Waals surface area contributed by atoms with Gasteiger partial charge < -0.3 is 10.3 Å². The largest absolute Gasteiger partial charge is 0.381 e. The minimum Gasteiger partial charge on any atom is -0.381 e. The van der Waals surface area contributed by atoms with Crippen LogP contribution in [0.2, 0.25) is 5.02 Å². The molecule has 0 bridgehead atoms. The van der Waals surface area contributed by atoms with Gasteiger partial charge in [0.1, 0.15) is 5.82 Å². The number of aromatic amines is 1. The molecule has 0 spiro atoms. The second-order valence-corrected chi connectivity index (χ2v) is 5.25. The molecule has 4 heteroatoms. The zero-order chi connectivity index (χ0) is 14.1. The van der Waals surface area contributed by atoms with E-state index in [0.717, 1.165) is 27.7 Å². The Balaban J connectivity index is 1.85. The van der Waals surface area contributed by atoms with Gasteiger partial charge in [-0.15, -0.1) is 0 Å². The SMILES string of the molecule is Cc1ccc(F)cc1NCc1c[nH]c2cc(Cl)ccc12. The predicted octanol–water partition coefficient (Wildman–Crippen LogP) is 4.88. The van der Waals surface area contributed by atoms with Crippen molar-refractivity contribution in [2.75, 3.05) is 5.32 Å². The molecular formula is C16H14ClFN2. The maximum absolute atomic E-state index is 13.2. The molecular weight excluding hydrogens is 275 g/mol. The van der Waals surface area contributed by atoms with E-state index in [0.29, 0.717) is 11.6 Å². The lowest BCUT2D eigenvalue weighted by atomic mass is 10.1. The quantitative estimate of drug-likeness (QED) is 0.706. The molecule has 2 N–H and O–H groups in total. The standard InChI is InChI=1S/C16H14ClFN2/c1-10-2-4-13(18)7-15(10)19-8-11-9-20-16-6-12(17)3-5-14(11)16/h2-7,9,19-20H,8H2,1H3. The molecule has 1 aromatic heterocycles. The third-order valence-corrected chi connectivity index (χ3v) is 3.63. The summed E-state index contributed by atoms with van der Waals surface area (Å²) in [4.78, 5) is 3.19. The molecule has 0 fully saturated rings. The molecule has 0 saturated heterocycles. The summed E-state index contributed by atoms with van der Waals surface area (Å²) >= 11 is 5.96. The summed E-state index contributed by atoms with van der Waals surface area (Å²) in [6.45, 7) is 2.59. The zero-order valence-electron chi connectivity index (χ0n) is 11.0. The van der Waals surface area contributed by atoms with E-state index in [1.54, 1.807) is 6.07 Å². The average Bonchev–Trinajstić information content (AvgIpc) is 2.82. The summed E-state index contributed by atoms with van der Waals surface area (Å²) in [7, 11) is 0. The minimum absolute atomic E-state index is 0.233. The molecule has 20 heavy (non-hydrogen) atoms. The Morgan fingerprint density at radius 3 is 2.90 bits per heavy atom. The molecule has 1 heterocycles. The van der Waals surface area contributed by atoms with E-state index in [4.69, 9.17) is 11.6 Å². The van der Waals surface area contributed by atoms with Gasteiger partial charge in [0.25, 0.3) is 0 Å². The van der Waals surface area contributed by atoms with E-state index in [1.807, 2.05) is 31.3 Å². The van der Waals surface area contributed by atoms with Crippen LogP contribution >= 0.6 is 11.6 Å². The lowest BCUT2D eigenvalue weighted by molar-refractivity contribution is 0.628. The van der Waals surface area contributed by atoms with Gasteiger partial charge in [-0.25, -0.2) is 4.39 Å². The van der Waals surface area contributed by atoms with Crippen molar-refractivity contribution in [3.8, 4) is 0 Å². The number of hydrogen-bond acceptors (Lipinski definition) is 1. The number of nitrogens with one attached hydrogen (secondary N) is 2. The van der Waals surface area contributed by atoms with Crippen molar-refractivity contribution in [3.63, 3.8) is 0 Å². The molecule has 3 rings (SSSR count). The predicted molar refractivity (Wildman–Crippen MR) is 81.8 cm³/mol. The highest BCUT2D eigenvalue weighted by Crippen LogP contribution is 2.23. The van der Waals surface area contributed by atoms with E-state index < -0.39 is 0 Å². The minimum atomic E-state index is -0.233. The Labute approximate surface area is 121 Å². The van der Waals surface area contributed by atoms with E-state index in [-0.39, 0.29) is 5.82 Å². The number of rotatable bonds is 3. The van der Waals surface area contributed by atoms with Gasteiger partial charge in [-0.3, -0.25) is 0 Å². The van der Waals surface area contributed by atoms with Gasteiger partial charge in [0.2, 0.25) is 0 Å². The second-order valence-electron chi connectivity index (χ2n) is 4.82. The van der Waals surface area contributed by atoms with Gasteiger partial charge in [-0.2, -0.15) is 0 Å². The number of aromatic nitrogens is 1. The molecule has 3 aromatic rings. The molecule has 102 valence electrons. The Hall–Kier alpha value is -2.00. The van der Waals surface area contributed by atoms with Crippen molar-refractivity contribution in [3.05, 3.63) is 64.6 Å². The van der Waals surface area contributed by atoms with Crippen molar-refractivity contribution < 1.29 is 4.39 Å². The maximum atomic E-state index is 13.2. The first-order valence-corrected chi connectivity index (χ1v) is 6.77. The number of fused-ring (bicyclic) bond motifs is 1. The number of H-pyrrole nitrogens is 1. The van der Waals surface area contributed by atoms with Crippen LogP contribution < -0.4 is 5.32 Å². The van der Waals surface area contributed by atoms with Crippen molar-refractivity contribution in [2.45, 2.75) is 13.5 Å². The van der Waals surface area contributed by atoms with Gasteiger partial charge >= 0.3 is 0 Å². The Bertz CT molecular complexity index is 764. The average molecular weight is 289 g/mol. The third-order valence-electron chi connectivity index (χ3n) is 3.40. The van der Waals surface area contributed by atoms with Crippen LogP contribution in [0.15, 0.2) is 42.6 Å². The van der Waals surface area contributed by atoms with Crippen molar-refractivity contribution in [1.82, 2.24) is 4.98 Å². The number of aryl methyl sites for hydroxylation is 1. The Morgan fingerprint density at radius 2 is 2.05 bits per heavy atom. The number of halogens is 2. The van der Waals surface area contributed by atoms with Crippen molar-refractivity contribution >= 4 is 28.2 Å². The molecule has 0 unspecified atom stereocenters. The molecule has 2 aromatic carbocycles. The maximum Gasteiger partial charge on any atom is 0.125 e. The van der Waals surface area contributed by atoms with Crippen LogP contribution in [0.5, 0.6) is 0 Å². The van der Waals surface area contributed by atoms with E-state index in [1.165, 1.54) is 12.1 Å². The molecule has 2 nitrogen and oxygen atoms in total. The highest BCUT2D eigenvalue weighted by Gasteiger charge is 2.05. The van der Waals surface area contributed by atoms with Gasteiger partial charge in [-0.05, 0) is 42.3 Å².